The quantitative estimate of drug-likeness (QED) is 0.203. The average Bonchev–Trinajstić information content (AvgIpc) is 2.97. The molecule has 40 heavy (non-hydrogen) atoms. The van der Waals surface area contributed by atoms with Crippen LogP contribution in [-0.4, -0.2) is 38.1 Å². The second-order valence-electron chi connectivity index (χ2n) is 9.56. The maximum Gasteiger partial charge on any atom is 0.251 e. The van der Waals surface area contributed by atoms with Gasteiger partial charge in [0.25, 0.3) is 5.91 Å². The second-order valence-corrected chi connectivity index (χ2v) is 9.56. The largest absolute Gasteiger partial charge is 0.497 e. The van der Waals surface area contributed by atoms with Gasteiger partial charge >= 0.3 is 0 Å². The van der Waals surface area contributed by atoms with E-state index >= 15 is 0 Å². The molecular formula is C33H35N3O4. The predicted octanol–water partition coefficient (Wildman–Crippen LogP) is 5.67. The van der Waals surface area contributed by atoms with Crippen molar-refractivity contribution in [2.45, 2.75) is 26.3 Å². The first-order chi connectivity index (χ1) is 19.4. The highest BCUT2D eigenvalue weighted by molar-refractivity contribution is 5.97. The van der Waals surface area contributed by atoms with E-state index in [4.69, 9.17) is 9.47 Å². The van der Waals surface area contributed by atoms with E-state index in [0.29, 0.717) is 30.8 Å². The van der Waals surface area contributed by atoms with Gasteiger partial charge in [-0.15, -0.1) is 0 Å². The molecule has 0 aromatic heterocycles. The average molecular weight is 538 g/mol. The summed E-state index contributed by atoms with van der Waals surface area (Å²) >= 11 is 0. The lowest BCUT2D eigenvalue weighted by Gasteiger charge is -2.19. The van der Waals surface area contributed by atoms with Crippen LogP contribution >= 0.6 is 0 Å². The number of anilines is 1. The molecule has 206 valence electrons. The normalized spacial score (nSPS) is 11.3. The number of nitrogens with one attached hydrogen (secondary N) is 3. The van der Waals surface area contributed by atoms with Gasteiger partial charge in [-0.1, -0.05) is 48.0 Å². The van der Waals surface area contributed by atoms with Gasteiger partial charge in [0.15, 0.2) is 0 Å². The Hall–Kier alpha value is -4.78. The van der Waals surface area contributed by atoms with Crippen LogP contribution in [0.3, 0.4) is 0 Å². The molecule has 0 spiro atoms. The van der Waals surface area contributed by atoms with Gasteiger partial charge in [-0.3, -0.25) is 9.59 Å². The summed E-state index contributed by atoms with van der Waals surface area (Å²) in [5.41, 5.74) is 4.36. The predicted molar refractivity (Wildman–Crippen MR) is 158 cm³/mol. The SMILES string of the molecule is COc1ccc(NCCNC(=O)C(Cc2ccc(Oc3ccccc3C)cc2)NC(=O)c2cccc(C)c2)cc1. The lowest BCUT2D eigenvalue weighted by Crippen LogP contribution is -2.48. The lowest BCUT2D eigenvalue weighted by atomic mass is 10.0. The van der Waals surface area contributed by atoms with Gasteiger partial charge in [-0.05, 0) is 79.6 Å². The number of carbonyl (C=O) groups is 2. The second kappa shape index (κ2) is 13.8. The molecule has 7 nitrogen and oxygen atoms in total. The van der Waals surface area contributed by atoms with E-state index in [1.54, 1.807) is 19.2 Å². The third-order valence-corrected chi connectivity index (χ3v) is 6.43. The summed E-state index contributed by atoms with van der Waals surface area (Å²) < 4.78 is 11.2. The minimum absolute atomic E-state index is 0.252. The Kier molecular flexibility index (Phi) is 9.77. The third kappa shape index (κ3) is 8.11. The number of methoxy groups -OCH3 is 1. The van der Waals surface area contributed by atoms with Crippen molar-refractivity contribution in [2.75, 3.05) is 25.5 Å². The van der Waals surface area contributed by atoms with Crippen molar-refractivity contribution in [3.05, 3.63) is 119 Å². The van der Waals surface area contributed by atoms with Gasteiger partial charge in [0.05, 0.1) is 7.11 Å². The van der Waals surface area contributed by atoms with E-state index in [-0.39, 0.29) is 11.8 Å². The van der Waals surface area contributed by atoms with E-state index in [1.165, 1.54) is 0 Å². The Morgan fingerprint density at radius 2 is 1.52 bits per heavy atom. The summed E-state index contributed by atoms with van der Waals surface area (Å²) in [5.74, 6) is 1.73. The zero-order chi connectivity index (χ0) is 28.3. The molecule has 0 aliphatic rings. The number of hydrogen-bond donors (Lipinski definition) is 3. The first-order valence-electron chi connectivity index (χ1n) is 13.3. The number of benzene rings is 4. The maximum atomic E-state index is 13.2. The number of para-hydroxylation sites is 1. The third-order valence-electron chi connectivity index (χ3n) is 6.43. The first kappa shape index (κ1) is 28.2. The molecule has 0 saturated heterocycles. The molecule has 1 unspecified atom stereocenters. The molecule has 2 amide bonds. The standard InChI is InChI=1S/C33H35N3O4/c1-23-7-6-9-26(21-23)32(37)36-30(33(38)35-20-19-34-27-13-17-28(39-3)18-14-27)22-25-11-15-29(16-12-25)40-31-10-5-4-8-24(31)2/h4-18,21,30,34H,19-20,22H2,1-3H3,(H,35,38)(H,36,37). The van der Waals surface area contributed by atoms with Crippen LogP contribution in [0, 0.1) is 13.8 Å². The van der Waals surface area contributed by atoms with Crippen molar-refractivity contribution in [1.82, 2.24) is 10.6 Å². The minimum Gasteiger partial charge on any atom is -0.497 e. The van der Waals surface area contributed by atoms with Crippen LogP contribution in [0.1, 0.15) is 27.0 Å². The van der Waals surface area contributed by atoms with Gasteiger partial charge in [0.2, 0.25) is 5.91 Å². The Balaban J connectivity index is 1.40. The van der Waals surface area contributed by atoms with E-state index in [0.717, 1.165) is 33.9 Å². The molecule has 0 saturated carbocycles. The Labute approximate surface area is 235 Å². The zero-order valence-corrected chi connectivity index (χ0v) is 23.1. The van der Waals surface area contributed by atoms with Crippen molar-refractivity contribution < 1.29 is 19.1 Å². The monoisotopic (exact) mass is 537 g/mol. The van der Waals surface area contributed by atoms with Crippen molar-refractivity contribution in [3.63, 3.8) is 0 Å². The number of rotatable bonds is 12. The Morgan fingerprint density at radius 3 is 2.23 bits per heavy atom. The van der Waals surface area contributed by atoms with Crippen molar-refractivity contribution in [3.8, 4) is 17.2 Å². The van der Waals surface area contributed by atoms with Crippen molar-refractivity contribution in [1.29, 1.82) is 0 Å². The van der Waals surface area contributed by atoms with Gasteiger partial charge in [-0.2, -0.15) is 0 Å². The molecule has 0 bridgehead atoms. The fraction of sp³-hybridized carbons (Fsp3) is 0.212. The number of amides is 2. The lowest BCUT2D eigenvalue weighted by molar-refractivity contribution is -0.122. The van der Waals surface area contributed by atoms with E-state index in [9.17, 15) is 9.59 Å². The van der Waals surface area contributed by atoms with Gasteiger partial charge in [-0.25, -0.2) is 0 Å². The Morgan fingerprint density at radius 1 is 0.800 bits per heavy atom. The number of ether oxygens (including phenoxy) is 2. The first-order valence-corrected chi connectivity index (χ1v) is 13.3. The maximum absolute atomic E-state index is 13.2. The summed E-state index contributed by atoms with van der Waals surface area (Å²) in [6.45, 7) is 4.85. The summed E-state index contributed by atoms with van der Waals surface area (Å²) in [5, 5.41) is 9.15. The molecule has 4 aromatic carbocycles. The van der Waals surface area contributed by atoms with E-state index < -0.39 is 6.04 Å². The highest BCUT2D eigenvalue weighted by atomic mass is 16.5. The summed E-state index contributed by atoms with van der Waals surface area (Å²) in [7, 11) is 1.62. The molecule has 4 rings (SSSR count). The van der Waals surface area contributed by atoms with E-state index in [2.05, 4.69) is 16.0 Å². The van der Waals surface area contributed by atoms with Gasteiger partial charge in [0, 0.05) is 30.8 Å². The van der Waals surface area contributed by atoms with Crippen LogP contribution in [0.25, 0.3) is 0 Å². The molecule has 4 aromatic rings. The molecule has 7 heteroatoms. The molecule has 0 aliphatic heterocycles. The fourth-order valence-corrected chi connectivity index (χ4v) is 4.19. The molecule has 0 heterocycles. The summed E-state index contributed by atoms with van der Waals surface area (Å²) in [4.78, 5) is 26.3. The zero-order valence-electron chi connectivity index (χ0n) is 23.1. The smallest absolute Gasteiger partial charge is 0.251 e. The highest BCUT2D eigenvalue weighted by Crippen LogP contribution is 2.25. The van der Waals surface area contributed by atoms with Crippen LogP contribution in [-0.2, 0) is 11.2 Å². The Bertz CT molecular complexity index is 1420. The van der Waals surface area contributed by atoms with Crippen molar-refractivity contribution >= 4 is 17.5 Å². The summed E-state index contributed by atoms with van der Waals surface area (Å²) in [6.07, 6.45) is 0.333. The van der Waals surface area contributed by atoms with Crippen LogP contribution in [0.2, 0.25) is 0 Å². The fourth-order valence-electron chi connectivity index (χ4n) is 4.19. The molecule has 0 aliphatic carbocycles. The van der Waals surface area contributed by atoms with Crippen LogP contribution in [0.15, 0.2) is 97.1 Å². The molecule has 3 N–H and O–H groups in total. The summed E-state index contributed by atoms with van der Waals surface area (Å²) in [6, 6.07) is 29.5. The number of aryl methyl sites for hydroxylation is 2. The van der Waals surface area contributed by atoms with Gasteiger partial charge < -0.3 is 25.4 Å². The molecule has 0 radical (unpaired) electrons. The number of carbonyl (C=O) groups excluding carboxylic acids is 2. The molecular weight excluding hydrogens is 502 g/mol. The molecule has 1 atom stereocenters. The van der Waals surface area contributed by atoms with Crippen LogP contribution in [0.5, 0.6) is 17.2 Å². The number of hydrogen-bond acceptors (Lipinski definition) is 5. The minimum atomic E-state index is -0.753. The topological polar surface area (TPSA) is 88.7 Å². The van der Waals surface area contributed by atoms with Gasteiger partial charge in [0.1, 0.15) is 23.3 Å². The van der Waals surface area contributed by atoms with Crippen molar-refractivity contribution in [2.24, 2.45) is 0 Å². The molecule has 0 fully saturated rings. The van der Waals surface area contributed by atoms with E-state index in [1.807, 2.05) is 98.8 Å². The van der Waals surface area contributed by atoms with Crippen LogP contribution < -0.4 is 25.4 Å². The highest BCUT2D eigenvalue weighted by Gasteiger charge is 2.22. The van der Waals surface area contributed by atoms with Crippen LogP contribution in [0.4, 0.5) is 5.69 Å².